The molecule has 1 aromatic carbocycles. The maximum absolute atomic E-state index is 5.72. The lowest BCUT2D eigenvalue weighted by molar-refractivity contribution is 0.269. The van der Waals surface area contributed by atoms with E-state index in [2.05, 4.69) is 30.9 Å². The largest absolute Gasteiger partial charge is 0.399 e. The third-order valence-electron chi connectivity index (χ3n) is 3.51. The third kappa shape index (κ3) is 2.56. The van der Waals surface area contributed by atoms with Gasteiger partial charge in [0.05, 0.1) is 0 Å². The molecular weight excluding hydrogens is 196 g/mol. The molecule has 0 unspecified atom stereocenters. The number of hydrogen-bond donors (Lipinski definition) is 1. The van der Waals surface area contributed by atoms with Gasteiger partial charge < -0.3 is 10.6 Å². The van der Waals surface area contributed by atoms with Crippen molar-refractivity contribution in [2.24, 2.45) is 0 Å². The molecule has 0 bridgehead atoms. The van der Waals surface area contributed by atoms with E-state index in [1.165, 1.54) is 31.5 Å². The molecule has 0 spiro atoms. The molecule has 0 atom stereocenters. The van der Waals surface area contributed by atoms with E-state index in [9.17, 15) is 0 Å². The smallest absolute Gasteiger partial charge is 0.0314 e. The summed E-state index contributed by atoms with van der Waals surface area (Å²) in [6.07, 6.45) is 2.72. The minimum atomic E-state index is 0.220. The quantitative estimate of drug-likeness (QED) is 0.790. The van der Waals surface area contributed by atoms with Gasteiger partial charge in [0.1, 0.15) is 0 Å². The zero-order chi connectivity index (χ0) is 11.6. The van der Waals surface area contributed by atoms with Gasteiger partial charge in [-0.25, -0.2) is 0 Å². The molecule has 2 rings (SSSR count). The summed E-state index contributed by atoms with van der Waals surface area (Å²) in [7, 11) is 0. The first-order valence-corrected chi connectivity index (χ1v) is 6.16. The second kappa shape index (κ2) is 4.46. The highest BCUT2D eigenvalue weighted by Crippen LogP contribution is 2.26. The Balaban J connectivity index is 2.07. The average molecular weight is 218 g/mol. The Morgan fingerprint density at radius 1 is 1.12 bits per heavy atom. The van der Waals surface area contributed by atoms with Gasteiger partial charge in [0.15, 0.2) is 0 Å². The average Bonchev–Trinajstić information content (AvgIpc) is 2.70. The summed E-state index contributed by atoms with van der Waals surface area (Å²) >= 11 is 0. The fourth-order valence-corrected chi connectivity index (χ4v) is 2.53. The molecule has 2 heteroatoms. The second-order valence-electron chi connectivity index (χ2n) is 5.49. The zero-order valence-electron chi connectivity index (χ0n) is 10.4. The van der Waals surface area contributed by atoms with Gasteiger partial charge in [0, 0.05) is 17.6 Å². The first kappa shape index (κ1) is 11.5. The van der Waals surface area contributed by atoms with Gasteiger partial charge in [-0.3, -0.25) is 0 Å². The first-order valence-electron chi connectivity index (χ1n) is 6.16. The minimum absolute atomic E-state index is 0.220. The number of nitrogen functional groups attached to an aromatic ring is 1. The first-order chi connectivity index (χ1) is 7.58. The lowest BCUT2D eigenvalue weighted by Crippen LogP contribution is -2.35. The van der Waals surface area contributed by atoms with Crippen molar-refractivity contribution in [1.82, 2.24) is 4.90 Å². The predicted octanol–water partition coefficient (Wildman–Crippen LogP) is 2.64. The number of benzene rings is 1. The van der Waals surface area contributed by atoms with Crippen LogP contribution in [-0.4, -0.2) is 24.5 Å². The SMILES string of the molecule is CC(C)(CN1CCCC1)c1ccc(N)cc1. The van der Waals surface area contributed by atoms with Gasteiger partial charge in [0.25, 0.3) is 0 Å². The monoisotopic (exact) mass is 218 g/mol. The highest BCUT2D eigenvalue weighted by atomic mass is 15.1. The molecule has 1 saturated heterocycles. The van der Waals surface area contributed by atoms with Crippen LogP contribution in [0, 0.1) is 0 Å². The molecule has 1 heterocycles. The van der Waals surface area contributed by atoms with Crippen LogP contribution in [0.4, 0.5) is 5.69 Å². The van der Waals surface area contributed by atoms with Crippen LogP contribution in [0.5, 0.6) is 0 Å². The van der Waals surface area contributed by atoms with Crippen LogP contribution in [0.3, 0.4) is 0 Å². The summed E-state index contributed by atoms with van der Waals surface area (Å²) in [5, 5.41) is 0. The number of rotatable bonds is 3. The molecule has 1 aliphatic heterocycles. The maximum atomic E-state index is 5.72. The van der Waals surface area contributed by atoms with Gasteiger partial charge in [-0.1, -0.05) is 26.0 Å². The van der Waals surface area contributed by atoms with Gasteiger partial charge in [-0.05, 0) is 43.6 Å². The standard InChI is InChI=1S/C14H22N2/c1-14(2,11-16-9-3-4-10-16)12-5-7-13(15)8-6-12/h5-8H,3-4,9-11,15H2,1-2H3. The van der Waals surface area contributed by atoms with Gasteiger partial charge in [0.2, 0.25) is 0 Å². The molecule has 0 saturated carbocycles. The summed E-state index contributed by atoms with van der Waals surface area (Å²) in [6.45, 7) is 8.31. The van der Waals surface area contributed by atoms with Crippen molar-refractivity contribution in [3.63, 3.8) is 0 Å². The summed E-state index contributed by atoms with van der Waals surface area (Å²) in [5.74, 6) is 0. The van der Waals surface area contributed by atoms with Crippen LogP contribution in [0.2, 0.25) is 0 Å². The molecule has 0 aliphatic carbocycles. The lowest BCUT2D eigenvalue weighted by Gasteiger charge is -2.30. The highest BCUT2D eigenvalue weighted by molar-refractivity contribution is 5.41. The fourth-order valence-electron chi connectivity index (χ4n) is 2.53. The molecular formula is C14H22N2. The minimum Gasteiger partial charge on any atom is -0.399 e. The van der Waals surface area contributed by atoms with Crippen molar-refractivity contribution in [2.45, 2.75) is 32.1 Å². The van der Waals surface area contributed by atoms with E-state index in [4.69, 9.17) is 5.73 Å². The van der Waals surface area contributed by atoms with Crippen molar-refractivity contribution in [2.75, 3.05) is 25.4 Å². The topological polar surface area (TPSA) is 29.3 Å². The normalized spacial score (nSPS) is 17.9. The Kier molecular flexibility index (Phi) is 3.20. The number of likely N-dealkylation sites (tertiary alicyclic amines) is 1. The Morgan fingerprint density at radius 3 is 2.25 bits per heavy atom. The van der Waals surface area contributed by atoms with Crippen LogP contribution in [0.25, 0.3) is 0 Å². The van der Waals surface area contributed by atoms with E-state index >= 15 is 0 Å². The Labute approximate surface area is 98.4 Å². The summed E-state index contributed by atoms with van der Waals surface area (Å²) in [6, 6.07) is 8.32. The van der Waals surface area contributed by atoms with Gasteiger partial charge in [-0.2, -0.15) is 0 Å². The van der Waals surface area contributed by atoms with E-state index in [0.717, 1.165) is 12.2 Å². The number of hydrogen-bond acceptors (Lipinski definition) is 2. The van der Waals surface area contributed by atoms with Crippen molar-refractivity contribution in [3.8, 4) is 0 Å². The molecule has 88 valence electrons. The van der Waals surface area contributed by atoms with E-state index in [1.54, 1.807) is 0 Å². The van der Waals surface area contributed by atoms with Crippen molar-refractivity contribution >= 4 is 5.69 Å². The maximum Gasteiger partial charge on any atom is 0.0314 e. The van der Waals surface area contributed by atoms with Crippen LogP contribution in [0.1, 0.15) is 32.3 Å². The molecule has 2 nitrogen and oxygen atoms in total. The fraction of sp³-hybridized carbons (Fsp3) is 0.571. The van der Waals surface area contributed by atoms with Crippen molar-refractivity contribution in [1.29, 1.82) is 0 Å². The number of anilines is 1. The van der Waals surface area contributed by atoms with Crippen LogP contribution in [-0.2, 0) is 5.41 Å². The van der Waals surface area contributed by atoms with E-state index < -0.39 is 0 Å². The van der Waals surface area contributed by atoms with E-state index in [-0.39, 0.29) is 5.41 Å². The summed E-state index contributed by atoms with van der Waals surface area (Å²) in [5.41, 5.74) is 8.17. The molecule has 1 aliphatic rings. The molecule has 1 aromatic rings. The number of nitrogens with two attached hydrogens (primary N) is 1. The zero-order valence-corrected chi connectivity index (χ0v) is 10.4. The van der Waals surface area contributed by atoms with E-state index in [1.807, 2.05) is 12.1 Å². The third-order valence-corrected chi connectivity index (χ3v) is 3.51. The van der Waals surface area contributed by atoms with Crippen molar-refractivity contribution in [3.05, 3.63) is 29.8 Å². The Bertz CT molecular complexity index is 334. The molecule has 16 heavy (non-hydrogen) atoms. The molecule has 1 fully saturated rings. The second-order valence-corrected chi connectivity index (χ2v) is 5.49. The van der Waals surface area contributed by atoms with Crippen molar-refractivity contribution < 1.29 is 0 Å². The van der Waals surface area contributed by atoms with Crippen LogP contribution in [0.15, 0.2) is 24.3 Å². The van der Waals surface area contributed by atoms with Crippen LogP contribution < -0.4 is 5.73 Å². The molecule has 0 radical (unpaired) electrons. The Morgan fingerprint density at radius 2 is 1.69 bits per heavy atom. The van der Waals surface area contributed by atoms with Gasteiger partial charge in [-0.15, -0.1) is 0 Å². The number of nitrogens with zero attached hydrogens (tertiary/aromatic N) is 1. The summed E-state index contributed by atoms with van der Waals surface area (Å²) in [4.78, 5) is 2.57. The Hall–Kier alpha value is -1.02. The highest BCUT2D eigenvalue weighted by Gasteiger charge is 2.25. The van der Waals surface area contributed by atoms with Gasteiger partial charge >= 0.3 is 0 Å². The summed E-state index contributed by atoms with van der Waals surface area (Å²) < 4.78 is 0. The van der Waals surface area contributed by atoms with E-state index in [0.29, 0.717) is 0 Å². The molecule has 2 N–H and O–H groups in total. The molecule has 0 amide bonds. The molecule has 0 aromatic heterocycles. The van der Waals surface area contributed by atoms with Crippen LogP contribution >= 0.6 is 0 Å². The predicted molar refractivity (Wildman–Crippen MR) is 69.6 cm³/mol. The lowest BCUT2D eigenvalue weighted by atomic mass is 9.84.